The minimum Gasteiger partial charge on any atom is -0.477 e. The second-order valence-electron chi connectivity index (χ2n) is 5.24. The Balaban J connectivity index is 1.88. The highest BCUT2D eigenvalue weighted by atomic mass is 32.2. The van der Waals surface area contributed by atoms with Crippen LogP contribution in [0.25, 0.3) is 0 Å². The highest BCUT2D eigenvalue weighted by Crippen LogP contribution is 2.25. The molecular weight excluding hydrogens is 280 g/mol. The lowest BCUT2D eigenvalue weighted by Crippen LogP contribution is -2.26. The molecule has 2 rings (SSSR count). The smallest absolute Gasteiger partial charge is 0.352 e. The van der Waals surface area contributed by atoms with Crippen molar-refractivity contribution in [3.05, 3.63) is 18.0 Å². The van der Waals surface area contributed by atoms with Gasteiger partial charge in [-0.3, -0.25) is 0 Å². The van der Waals surface area contributed by atoms with Gasteiger partial charge in [-0.2, -0.15) is 0 Å². The molecule has 0 bridgehead atoms. The molecule has 3 N–H and O–H groups in total. The highest BCUT2D eigenvalue weighted by molar-refractivity contribution is 7.89. The first-order chi connectivity index (χ1) is 9.49. The molecule has 1 aromatic heterocycles. The van der Waals surface area contributed by atoms with Gasteiger partial charge in [0, 0.05) is 12.7 Å². The Morgan fingerprint density at radius 2 is 2.05 bits per heavy atom. The number of aromatic carboxylic acids is 1. The van der Waals surface area contributed by atoms with Gasteiger partial charge in [-0.15, -0.1) is 0 Å². The van der Waals surface area contributed by atoms with Crippen molar-refractivity contribution in [1.82, 2.24) is 9.71 Å². The summed E-state index contributed by atoms with van der Waals surface area (Å²) in [6.45, 7) is 0.403. The van der Waals surface area contributed by atoms with Crippen LogP contribution in [0.2, 0.25) is 0 Å². The fourth-order valence-electron chi connectivity index (χ4n) is 2.61. The molecule has 20 heavy (non-hydrogen) atoms. The zero-order chi connectivity index (χ0) is 14.6. The van der Waals surface area contributed by atoms with E-state index in [4.69, 9.17) is 5.11 Å². The Labute approximate surface area is 118 Å². The Morgan fingerprint density at radius 1 is 1.35 bits per heavy atom. The van der Waals surface area contributed by atoms with E-state index in [1.54, 1.807) is 0 Å². The van der Waals surface area contributed by atoms with E-state index in [9.17, 15) is 13.2 Å². The quantitative estimate of drug-likeness (QED) is 0.747. The summed E-state index contributed by atoms with van der Waals surface area (Å²) < 4.78 is 26.5. The van der Waals surface area contributed by atoms with Gasteiger partial charge >= 0.3 is 5.97 Å². The summed E-state index contributed by atoms with van der Waals surface area (Å²) in [6, 6.07) is 1.13. The summed E-state index contributed by atoms with van der Waals surface area (Å²) in [4.78, 5) is 13.1. The number of hydrogen-bond donors (Lipinski definition) is 3. The third-order valence-electron chi connectivity index (χ3n) is 3.77. The minimum absolute atomic E-state index is 0.0291. The van der Waals surface area contributed by atoms with E-state index in [0.29, 0.717) is 12.5 Å². The summed E-state index contributed by atoms with van der Waals surface area (Å²) in [6.07, 6.45) is 8.14. The maximum atomic E-state index is 12.0. The maximum Gasteiger partial charge on any atom is 0.352 e. The fraction of sp³-hybridized carbons (Fsp3) is 0.615. The largest absolute Gasteiger partial charge is 0.477 e. The molecule has 0 unspecified atom stereocenters. The molecule has 0 amide bonds. The molecule has 1 aliphatic rings. The molecule has 1 heterocycles. The van der Waals surface area contributed by atoms with Crippen LogP contribution in [-0.4, -0.2) is 31.0 Å². The predicted octanol–water partition coefficient (Wildman–Crippen LogP) is 1.96. The number of carboxylic acid groups (broad SMARTS) is 1. The van der Waals surface area contributed by atoms with E-state index < -0.39 is 16.0 Å². The van der Waals surface area contributed by atoms with Crippen LogP contribution in [0.4, 0.5) is 0 Å². The van der Waals surface area contributed by atoms with E-state index in [2.05, 4.69) is 9.71 Å². The van der Waals surface area contributed by atoms with Crippen LogP contribution >= 0.6 is 0 Å². The summed E-state index contributed by atoms with van der Waals surface area (Å²) in [7, 11) is -3.62. The predicted molar refractivity (Wildman–Crippen MR) is 74.1 cm³/mol. The van der Waals surface area contributed by atoms with Crippen molar-refractivity contribution in [2.24, 2.45) is 5.92 Å². The lowest BCUT2D eigenvalue weighted by Gasteiger charge is -2.21. The highest BCUT2D eigenvalue weighted by Gasteiger charge is 2.19. The molecule has 112 valence electrons. The molecule has 1 aromatic rings. The molecule has 0 atom stereocenters. The average molecular weight is 300 g/mol. The van der Waals surface area contributed by atoms with Crippen molar-refractivity contribution in [2.45, 2.75) is 43.4 Å². The standard InChI is InChI=1S/C13H20N2O4S/c16-13(17)12-8-11(9-14-12)20(18,19)15-7-6-10-4-2-1-3-5-10/h8-10,14-15H,1-7H2,(H,16,17). The maximum absolute atomic E-state index is 12.0. The van der Waals surface area contributed by atoms with Crippen LogP contribution in [-0.2, 0) is 10.0 Å². The number of sulfonamides is 1. The lowest BCUT2D eigenvalue weighted by molar-refractivity contribution is 0.0691. The molecule has 1 aliphatic carbocycles. The molecule has 0 spiro atoms. The topological polar surface area (TPSA) is 99.3 Å². The zero-order valence-corrected chi connectivity index (χ0v) is 12.1. The normalized spacial score (nSPS) is 17.2. The van der Waals surface area contributed by atoms with Gasteiger partial charge in [-0.05, 0) is 18.4 Å². The Bertz CT molecular complexity index is 559. The summed E-state index contributed by atoms with van der Waals surface area (Å²) in [5.74, 6) is -0.569. The van der Waals surface area contributed by atoms with Crippen LogP contribution in [0.15, 0.2) is 17.2 Å². The average Bonchev–Trinajstić information content (AvgIpc) is 2.90. The number of H-pyrrole nitrogens is 1. The number of rotatable bonds is 6. The van der Waals surface area contributed by atoms with Crippen molar-refractivity contribution < 1.29 is 18.3 Å². The number of aromatic nitrogens is 1. The van der Waals surface area contributed by atoms with Crippen molar-refractivity contribution in [3.8, 4) is 0 Å². The second-order valence-corrected chi connectivity index (χ2v) is 7.01. The first-order valence-corrected chi connectivity index (χ1v) is 8.39. The van der Waals surface area contributed by atoms with Gasteiger partial charge in [-0.1, -0.05) is 32.1 Å². The molecule has 1 fully saturated rings. The molecule has 7 heteroatoms. The van der Waals surface area contributed by atoms with Gasteiger partial charge in [0.15, 0.2) is 0 Å². The van der Waals surface area contributed by atoms with Crippen LogP contribution in [0.3, 0.4) is 0 Å². The van der Waals surface area contributed by atoms with Gasteiger partial charge in [0.2, 0.25) is 10.0 Å². The van der Waals surface area contributed by atoms with E-state index in [0.717, 1.165) is 12.5 Å². The van der Waals surface area contributed by atoms with Gasteiger partial charge in [-0.25, -0.2) is 17.9 Å². The lowest BCUT2D eigenvalue weighted by atomic mass is 9.87. The van der Waals surface area contributed by atoms with Crippen LogP contribution in [0.5, 0.6) is 0 Å². The summed E-state index contributed by atoms with van der Waals surface area (Å²) in [5.41, 5.74) is -0.127. The molecular formula is C13H20N2O4S. The fourth-order valence-corrected chi connectivity index (χ4v) is 3.65. The first-order valence-electron chi connectivity index (χ1n) is 6.90. The van der Waals surface area contributed by atoms with Gasteiger partial charge in [0.05, 0.1) is 0 Å². The zero-order valence-electron chi connectivity index (χ0n) is 11.3. The van der Waals surface area contributed by atoms with E-state index >= 15 is 0 Å². The van der Waals surface area contributed by atoms with Crippen LogP contribution in [0.1, 0.15) is 49.0 Å². The van der Waals surface area contributed by atoms with Crippen LogP contribution in [0, 0.1) is 5.92 Å². The third-order valence-corrected chi connectivity index (χ3v) is 5.21. The second kappa shape index (κ2) is 6.41. The molecule has 0 saturated heterocycles. The van der Waals surface area contributed by atoms with Crippen molar-refractivity contribution >= 4 is 16.0 Å². The van der Waals surface area contributed by atoms with Gasteiger partial charge in [0.25, 0.3) is 0 Å². The number of carboxylic acids is 1. The van der Waals surface area contributed by atoms with Crippen LogP contribution < -0.4 is 4.72 Å². The molecule has 6 nitrogen and oxygen atoms in total. The number of hydrogen-bond acceptors (Lipinski definition) is 3. The Hall–Kier alpha value is -1.34. The number of nitrogens with one attached hydrogen (secondary N) is 2. The van der Waals surface area contributed by atoms with E-state index in [-0.39, 0.29) is 10.6 Å². The van der Waals surface area contributed by atoms with E-state index in [1.165, 1.54) is 38.3 Å². The van der Waals surface area contributed by atoms with Crippen molar-refractivity contribution in [1.29, 1.82) is 0 Å². The van der Waals surface area contributed by atoms with E-state index in [1.807, 2.05) is 0 Å². The first kappa shape index (κ1) is 15.1. The van der Waals surface area contributed by atoms with Crippen molar-refractivity contribution in [2.75, 3.05) is 6.54 Å². The molecule has 0 radical (unpaired) electrons. The Morgan fingerprint density at radius 3 is 2.65 bits per heavy atom. The van der Waals surface area contributed by atoms with Gasteiger partial charge in [0.1, 0.15) is 10.6 Å². The monoisotopic (exact) mass is 300 g/mol. The Kier molecular flexibility index (Phi) is 4.82. The molecule has 1 saturated carbocycles. The minimum atomic E-state index is -3.62. The third kappa shape index (κ3) is 3.83. The SMILES string of the molecule is O=C(O)c1cc(S(=O)(=O)NCCC2CCCCC2)c[nH]1. The molecule has 0 aliphatic heterocycles. The van der Waals surface area contributed by atoms with Crippen molar-refractivity contribution in [3.63, 3.8) is 0 Å². The molecule has 0 aromatic carbocycles. The summed E-state index contributed by atoms with van der Waals surface area (Å²) >= 11 is 0. The number of carbonyl (C=O) groups is 1. The number of aromatic amines is 1. The van der Waals surface area contributed by atoms with Gasteiger partial charge < -0.3 is 10.1 Å². The summed E-state index contributed by atoms with van der Waals surface area (Å²) in [5, 5.41) is 8.76.